The predicted molar refractivity (Wildman–Crippen MR) is 74.8 cm³/mol. The first kappa shape index (κ1) is 11.5. The fraction of sp³-hybridized carbons (Fsp3) is 0.0625. The summed E-state index contributed by atoms with van der Waals surface area (Å²) in [6.45, 7) is 0. The minimum Gasteiger partial charge on any atom is -0.496 e. The van der Waals surface area contributed by atoms with Crippen LogP contribution in [0.15, 0.2) is 60.8 Å². The van der Waals surface area contributed by atoms with E-state index in [0.717, 1.165) is 22.3 Å². The highest BCUT2D eigenvalue weighted by molar-refractivity contribution is 5.91. The molecule has 2 aromatic carbocycles. The van der Waals surface area contributed by atoms with Gasteiger partial charge in [-0.15, -0.1) is 0 Å². The zero-order chi connectivity index (χ0) is 13.1. The largest absolute Gasteiger partial charge is 0.496 e. The Labute approximate surface area is 111 Å². The third kappa shape index (κ3) is 2.22. The molecule has 3 rings (SSSR count). The van der Waals surface area contributed by atoms with E-state index in [9.17, 15) is 0 Å². The predicted octanol–water partition coefficient (Wildman–Crippen LogP) is 4.04. The molecule has 0 saturated carbocycles. The van der Waals surface area contributed by atoms with E-state index in [-0.39, 0.29) is 0 Å². The SMILES string of the molecule is COc1cccc2c(Oc3ccccc3)nccc12. The molecule has 94 valence electrons. The van der Waals surface area contributed by atoms with Gasteiger partial charge in [0.2, 0.25) is 5.88 Å². The van der Waals surface area contributed by atoms with Crippen molar-refractivity contribution in [3.8, 4) is 17.4 Å². The molecule has 0 N–H and O–H groups in total. The Morgan fingerprint density at radius 2 is 1.68 bits per heavy atom. The van der Waals surface area contributed by atoms with E-state index >= 15 is 0 Å². The summed E-state index contributed by atoms with van der Waals surface area (Å²) in [6.07, 6.45) is 1.73. The van der Waals surface area contributed by atoms with Crippen molar-refractivity contribution in [1.29, 1.82) is 0 Å². The van der Waals surface area contributed by atoms with Crippen molar-refractivity contribution in [2.45, 2.75) is 0 Å². The summed E-state index contributed by atoms with van der Waals surface area (Å²) < 4.78 is 11.2. The summed E-state index contributed by atoms with van der Waals surface area (Å²) in [6, 6.07) is 17.4. The lowest BCUT2D eigenvalue weighted by molar-refractivity contribution is 0.419. The number of fused-ring (bicyclic) bond motifs is 1. The van der Waals surface area contributed by atoms with Crippen molar-refractivity contribution in [2.24, 2.45) is 0 Å². The number of pyridine rings is 1. The fourth-order valence-corrected chi connectivity index (χ4v) is 2.01. The lowest BCUT2D eigenvalue weighted by atomic mass is 10.1. The second kappa shape index (κ2) is 4.98. The maximum absolute atomic E-state index is 5.82. The normalized spacial score (nSPS) is 10.4. The zero-order valence-corrected chi connectivity index (χ0v) is 10.5. The average molecular weight is 251 g/mol. The number of nitrogens with zero attached hydrogens (tertiary/aromatic N) is 1. The molecule has 1 aromatic heterocycles. The van der Waals surface area contributed by atoms with Crippen LogP contribution in [0.25, 0.3) is 10.8 Å². The summed E-state index contributed by atoms with van der Waals surface area (Å²) in [5.74, 6) is 2.17. The Balaban J connectivity index is 2.09. The Hall–Kier alpha value is -2.55. The molecule has 1 heterocycles. The van der Waals surface area contributed by atoms with E-state index in [1.54, 1.807) is 13.3 Å². The number of rotatable bonds is 3. The lowest BCUT2D eigenvalue weighted by Gasteiger charge is -2.09. The van der Waals surface area contributed by atoms with Crippen LogP contribution in [0.2, 0.25) is 0 Å². The van der Waals surface area contributed by atoms with Crippen molar-refractivity contribution < 1.29 is 9.47 Å². The molecule has 3 heteroatoms. The van der Waals surface area contributed by atoms with Crippen LogP contribution in [-0.2, 0) is 0 Å². The van der Waals surface area contributed by atoms with Gasteiger partial charge in [0.25, 0.3) is 0 Å². The summed E-state index contributed by atoms with van der Waals surface area (Å²) in [5, 5.41) is 1.93. The molecule has 0 radical (unpaired) electrons. The molecule has 0 fully saturated rings. The molecule has 19 heavy (non-hydrogen) atoms. The maximum Gasteiger partial charge on any atom is 0.227 e. The van der Waals surface area contributed by atoms with Crippen molar-refractivity contribution in [2.75, 3.05) is 7.11 Å². The quantitative estimate of drug-likeness (QED) is 0.704. The molecule has 3 aromatic rings. The molecule has 0 saturated heterocycles. The molecule has 0 amide bonds. The molecule has 0 atom stereocenters. The summed E-state index contributed by atoms with van der Waals surface area (Å²) in [7, 11) is 1.66. The van der Waals surface area contributed by atoms with Gasteiger partial charge in [-0.1, -0.05) is 24.3 Å². The van der Waals surface area contributed by atoms with E-state index in [1.807, 2.05) is 54.6 Å². The summed E-state index contributed by atoms with van der Waals surface area (Å²) in [5.41, 5.74) is 0. The highest BCUT2D eigenvalue weighted by Crippen LogP contribution is 2.32. The fourth-order valence-electron chi connectivity index (χ4n) is 2.01. The summed E-state index contributed by atoms with van der Waals surface area (Å²) >= 11 is 0. The molecule has 0 aliphatic carbocycles. The number of ether oxygens (including phenoxy) is 2. The van der Waals surface area contributed by atoms with E-state index in [4.69, 9.17) is 9.47 Å². The summed E-state index contributed by atoms with van der Waals surface area (Å²) in [4.78, 5) is 4.30. The Kier molecular flexibility index (Phi) is 3.02. The monoisotopic (exact) mass is 251 g/mol. The molecule has 0 aliphatic heterocycles. The molecular weight excluding hydrogens is 238 g/mol. The Morgan fingerprint density at radius 1 is 0.842 bits per heavy atom. The van der Waals surface area contributed by atoms with Crippen LogP contribution >= 0.6 is 0 Å². The van der Waals surface area contributed by atoms with Crippen LogP contribution in [0.3, 0.4) is 0 Å². The topological polar surface area (TPSA) is 31.4 Å². The van der Waals surface area contributed by atoms with E-state index in [0.29, 0.717) is 5.88 Å². The second-order valence-electron chi connectivity index (χ2n) is 4.09. The van der Waals surface area contributed by atoms with Gasteiger partial charge >= 0.3 is 0 Å². The second-order valence-corrected chi connectivity index (χ2v) is 4.09. The van der Waals surface area contributed by atoms with Gasteiger partial charge in [0, 0.05) is 17.0 Å². The van der Waals surface area contributed by atoms with Crippen molar-refractivity contribution in [3.05, 3.63) is 60.8 Å². The van der Waals surface area contributed by atoms with Crippen LogP contribution in [0.4, 0.5) is 0 Å². The number of benzene rings is 2. The molecule has 0 bridgehead atoms. The van der Waals surface area contributed by atoms with E-state index in [1.165, 1.54) is 0 Å². The third-order valence-corrected chi connectivity index (χ3v) is 2.91. The van der Waals surface area contributed by atoms with Gasteiger partial charge in [0.05, 0.1) is 7.11 Å². The smallest absolute Gasteiger partial charge is 0.227 e. The van der Waals surface area contributed by atoms with Gasteiger partial charge < -0.3 is 9.47 Å². The molecular formula is C16H13NO2. The third-order valence-electron chi connectivity index (χ3n) is 2.91. The van der Waals surface area contributed by atoms with Crippen LogP contribution in [0, 0.1) is 0 Å². The van der Waals surface area contributed by atoms with Crippen molar-refractivity contribution >= 4 is 10.8 Å². The average Bonchev–Trinajstić information content (AvgIpc) is 2.48. The van der Waals surface area contributed by atoms with Crippen LogP contribution in [-0.4, -0.2) is 12.1 Å². The first-order valence-corrected chi connectivity index (χ1v) is 6.03. The minimum atomic E-state index is 0.586. The first-order valence-electron chi connectivity index (χ1n) is 6.03. The highest BCUT2D eigenvalue weighted by atomic mass is 16.5. The van der Waals surface area contributed by atoms with Gasteiger partial charge in [0.1, 0.15) is 11.5 Å². The number of para-hydroxylation sites is 1. The highest BCUT2D eigenvalue weighted by Gasteiger charge is 2.07. The maximum atomic E-state index is 5.82. The standard InChI is InChI=1S/C16H13NO2/c1-18-15-9-5-8-14-13(15)10-11-17-16(14)19-12-6-3-2-4-7-12/h2-11H,1H3. The van der Waals surface area contributed by atoms with E-state index < -0.39 is 0 Å². The van der Waals surface area contributed by atoms with Crippen molar-refractivity contribution in [3.63, 3.8) is 0 Å². The Bertz CT molecular complexity index is 695. The number of hydrogen-bond donors (Lipinski definition) is 0. The first-order chi connectivity index (χ1) is 9.38. The molecule has 0 aliphatic rings. The van der Waals surface area contributed by atoms with Crippen molar-refractivity contribution in [1.82, 2.24) is 4.98 Å². The van der Waals surface area contributed by atoms with Gasteiger partial charge in [-0.25, -0.2) is 4.98 Å². The molecule has 0 spiro atoms. The van der Waals surface area contributed by atoms with Crippen LogP contribution < -0.4 is 9.47 Å². The molecule has 3 nitrogen and oxygen atoms in total. The van der Waals surface area contributed by atoms with Gasteiger partial charge in [-0.2, -0.15) is 0 Å². The van der Waals surface area contributed by atoms with Crippen LogP contribution in [0.1, 0.15) is 0 Å². The van der Waals surface area contributed by atoms with Gasteiger partial charge in [0.15, 0.2) is 0 Å². The van der Waals surface area contributed by atoms with Gasteiger partial charge in [-0.05, 0) is 30.3 Å². The minimum absolute atomic E-state index is 0.586. The Morgan fingerprint density at radius 3 is 2.47 bits per heavy atom. The zero-order valence-electron chi connectivity index (χ0n) is 10.5. The van der Waals surface area contributed by atoms with Crippen LogP contribution in [0.5, 0.6) is 17.4 Å². The number of methoxy groups -OCH3 is 1. The lowest BCUT2D eigenvalue weighted by Crippen LogP contribution is -1.91. The molecule has 0 unspecified atom stereocenters. The van der Waals surface area contributed by atoms with Gasteiger partial charge in [-0.3, -0.25) is 0 Å². The number of hydrogen-bond acceptors (Lipinski definition) is 3. The van der Waals surface area contributed by atoms with E-state index in [2.05, 4.69) is 4.98 Å². The number of aromatic nitrogens is 1.